The molecule has 174 valence electrons. The zero-order chi connectivity index (χ0) is 24.5. The van der Waals surface area contributed by atoms with Gasteiger partial charge in [-0.2, -0.15) is 5.26 Å². The Morgan fingerprint density at radius 2 is 1.88 bits per heavy atom. The van der Waals surface area contributed by atoms with Gasteiger partial charge in [-0.1, -0.05) is 29.8 Å². The molecule has 0 bridgehead atoms. The van der Waals surface area contributed by atoms with Gasteiger partial charge in [0.1, 0.15) is 29.8 Å². The van der Waals surface area contributed by atoms with Crippen LogP contribution in [0.2, 0.25) is 5.02 Å². The van der Waals surface area contributed by atoms with E-state index in [9.17, 15) is 14.4 Å². The summed E-state index contributed by atoms with van der Waals surface area (Å²) in [5.41, 5.74) is 1.45. The van der Waals surface area contributed by atoms with E-state index in [1.165, 1.54) is 31.4 Å². The standard InChI is InChI=1S/C26H22ClFN2O4/c1-3-33-25-13-17(7-9-24(25)34-16-18-5-4-6-21(28)12-18)11-19(15-29)26(31)30-22-14-20(27)8-10-23(22)32-2/h4-14H,3,16H2,1-2H3,(H,30,31)/b19-11+. The van der Waals surface area contributed by atoms with Gasteiger partial charge in [-0.25, -0.2) is 4.39 Å². The van der Waals surface area contributed by atoms with Crippen LogP contribution in [0, 0.1) is 17.1 Å². The average molecular weight is 481 g/mol. The Labute approximate surface area is 202 Å². The Morgan fingerprint density at radius 1 is 1.09 bits per heavy atom. The van der Waals surface area contributed by atoms with Crippen LogP contribution in [0.3, 0.4) is 0 Å². The number of carbonyl (C=O) groups excluding carboxylic acids is 1. The Kier molecular flexibility index (Phi) is 8.49. The Balaban J connectivity index is 1.81. The number of anilines is 1. The predicted octanol–water partition coefficient (Wildman–Crippen LogP) is 6.01. The minimum Gasteiger partial charge on any atom is -0.495 e. The van der Waals surface area contributed by atoms with Gasteiger partial charge in [0, 0.05) is 5.02 Å². The van der Waals surface area contributed by atoms with E-state index in [2.05, 4.69) is 5.32 Å². The van der Waals surface area contributed by atoms with Crippen molar-refractivity contribution in [3.05, 3.63) is 88.2 Å². The normalized spacial score (nSPS) is 10.9. The van der Waals surface area contributed by atoms with Gasteiger partial charge in [-0.15, -0.1) is 0 Å². The molecule has 34 heavy (non-hydrogen) atoms. The topological polar surface area (TPSA) is 80.6 Å². The van der Waals surface area contributed by atoms with E-state index < -0.39 is 5.91 Å². The average Bonchev–Trinajstić information content (AvgIpc) is 2.82. The van der Waals surface area contributed by atoms with Crippen LogP contribution >= 0.6 is 11.6 Å². The van der Waals surface area contributed by atoms with E-state index in [1.807, 2.05) is 13.0 Å². The fourth-order valence-corrected chi connectivity index (χ4v) is 3.24. The summed E-state index contributed by atoms with van der Waals surface area (Å²) < 4.78 is 30.1. The zero-order valence-electron chi connectivity index (χ0n) is 18.6. The lowest BCUT2D eigenvalue weighted by molar-refractivity contribution is -0.112. The molecule has 3 rings (SSSR count). The lowest BCUT2D eigenvalue weighted by Crippen LogP contribution is -2.14. The molecular formula is C26H22ClFN2O4. The third kappa shape index (κ3) is 6.50. The smallest absolute Gasteiger partial charge is 0.266 e. The van der Waals surface area contributed by atoms with Crippen molar-refractivity contribution in [2.45, 2.75) is 13.5 Å². The van der Waals surface area contributed by atoms with Gasteiger partial charge in [0.25, 0.3) is 5.91 Å². The minimum absolute atomic E-state index is 0.127. The molecule has 0 fully saturated rings. The van der Waals surface area contributed by atoms with Gasteiger partial charge in [0.05, 0.1) is 19.4 Å². The maximum absolute atomic E-state index is 13.4. The van der Waals surface area contributed by atoms with E-state index in [1.54, 1.807) is 42.5 Å². The molecule has 0 aromatic heterocycles. The first kappa shape index (κ1) is 24.6. The highest BCUT2D eigenvalue weighted by Gasteiger charge is 2.14. The summed E-state index contributed by atoms with van der Waals surface area (Å²) in [6.07, 6.45) is 1.44. The summed E-state index contributed by atoms with van der Waals surface area (Å²) in [7, 11) is 1.47. The van der Waals surface area contributed by atoms with Gasteiger partial charge in [-0.05, 0) is 66.6 Å². The fourth-order valence-electron chi connectivity index (χ4n) is 3.07. The number of hydrogen-bond acceptors (Lipinski definition) is 5. The second-order valence-corrected chi connectivity index (χ2v) is 7.46. The summed E-state index contributed by atoms with van der Waals surface area (Å²) in [5.74, 6) is 0.335. The van der Waals surface area contributed by atoms with Crippen LogP contribution in [0.4, 0.5) is 10.1 Å². The third-order valence-corrected chi connectivity index (χ3v) is 4.87. The van der Waals surface area contributed by atoms with Crippen LogP contribution in [-0.2, 0) is 11.4 Å². The molecule has 6 nitrogen and oxygen atoms in total. The molecule has 0 aliphatic carbocycles. The summed E-state index contributed by atoms with van der Waals surface area (Å²) in [5, 5.41) is 12.6. The van der Waals surface area contributed by atoms with E-state index in [4.69, 9.17) is 25.8 Å². The van der Waals surface area contributed by atoms with Crippen molar-refractivity contribution < 1.29 is 23.4 Å². The van der Waals surface area contributed by atoms with Crippen LogP contribution in [0.15, 0.2) is 66.2 Å². The second-order valence-electron chi connectivity index (χ2n) is 7.03. The third-order valence-electron chi connectivity index (χ3n) is 4.64. The van der Waals surface area contributed by atoms with E-state index in [-0.39, 0.29) is 18.0 Å². The molecule has 8 heteroatoms. The molecule has 1 amide bonds. The molecule has 1 N–H and O–H groups in total. The van der Waals surface area contributed by atoms with Crippen molar-refractivity contribution in [2.75, 3.05) is 19.0 Å². The van der Waals surface area contributed by atoms with Crippen molar-refractivity contribution >= 4 is 29.3 Å². The van der Waals surface area contributed by atoms with Crippen molar-refractivity contribution in [1.82, 2.24) is 0 Å². The predicted molar refractivity (Wildman–Crippen MR) is 129 cm³/mol. The lowest BCUT2D eigenvalue weighted by Gasteiger charge is -2.13. The van der Waals surface area contributed by atoms with Crippen LogP contribution < -0.4 is 19.5 Å². The molecular weight excluding hydrogens is 459 g/mol. The lowest BCUT2D eigenvalue weighted by atomic mass is 10.1. The Morgan fingerprint density at radius 3 is 2.59 bits per heavy atom. The van der Waals surface area contributed by atoms with Gasteiger partial charge in [-0.3, -0.25) is 4.79 Å². The quantitative estimate of drug-likeness (QED) is 0.299. The number of nitriles is 1. The van der Waals surface area contributed by atoms with Crippen LogP contribution in [-0.4, -0.2) is 19.6 Å². The van der Waals surface area contributed by atoms with E-state index in [0.717, 1.165) is 0 Å². The number of nitrogens with zero attached hydrogens (tertiary/aromatic N) is 1. The zero-order valence-corrected chi connectivity index (χ0v) is 19.4. The summed E-state index contributed by atoms with van der Waals surface area (Å²) >= 11 is 6.00. The SMILES string of the molecule is CCOc1cc(/C=C(\C#N)C(=O)Nc2cc(Cl)ccc2OC)ccc1OCc1cccc(F)c1. The number of rotatable bonds is 9. The maximum atomic E-state index is 13.4. The van der Waals surface area contributed by atoms with Crippen molar-refractivity contribution in [3.8, 4) is 23.3 Å². The number of methoxy groups -OCH3 is 1. The molecule has 0 aliphatic rings. The number of benzene rings is 3. The second kappa shape index (κ2) is 11.7. The molecule has 3 aromatic rings. The molecule has 0 atom stereocenters. The first-order valence-corrected chi connectivity index (χ1v) is 10.7. The molecule has 0 unspecified atom stereocenters. The number of halogens is 2. The van der Waals surface area contributed by atoms with Crippen molar-refractivity contribution in [3.63, 3.8) is 0 Å². The van der Waals surface area contributed by atoms with E-state index >= 15 is 0 Å². The molecule has 0 heterocycles. The molecule has 0 aliphatic heterocycles. The molecule has 0 spiro atoms. The first-order valence-electron chi connectivity index (χ1n) is 10.3. The van der Waals surface area contributed by atoms with Gasteiger partial charge >= 0.3 is 0 Å². The minimum atomic E-state index is -0.618. The Bertz CT molecular complexity index is 1250. The number of carbonyl (C=O) groups is 1. The van der Waals surface area contributed by atoms with Crippen LogP contribution in [0.1, 0.15) is 18.1 Å². The highest BCUT2D eigenvalue weighted by atomic mass is 35.5. The number of amides is 1. The first-order chi connectivity index (χ1) is 16.4. The summed E-state index contributed by atoms with van der Waals surface area (Å²) in [4.78, 5) is 12.7. The van der Waals surface area contributed by atoms with Gasteiger partial charge in [0.2, 0.25) is 0 Å². The number of nitrogens with one attached hydrogen (secondary N) is 1. The summed E-state index contributed by atoms with van der Waals surface area (Å²) in [6.45, 7) is 2.36. The fraction of sp³-hybridized carbons (Fsp3) is 0.154. The number of ether oxygens (including phenoxy) is 3. The van der Waals surface area contributed by atoms with Crippen molar-refractivity contribution in [1.29, 1.82) is 5.26 Å². The molecule has 0 saturated carbocycles. The van der Waals surface area contributed by atoms with Crippen LogP contribution in [0.5, 0.6) is 17.2 Å². The highest BCUT2D eigenvalue weighted by molar-refractivity contribution is 6.31. The van der Waals surface area contributed by atoms with Crippen LogP contribution in [0.25, 0.3) is 6.08 Å². The van der Waals surface area contributed by atoms with Gasteiger partial charge in [0.15, 0.2) is 11.5 Å². The monoisotopic (exact) mass is 480 g/mol. The van der Waals surface area contributed by atoms with E-state index in [0.29, 0.717) is 45.7 Å². The van der Waals surface area contributed by atoms with Gasteiger partial charge < -0.3 is 19.5 Å². The van der Waals surface area contributed by atoms with Crippen molar-refractivity contribution in [2.24, 2.45) is 0 Å². The molecule has 0 saturated heterocycles. The molecule has 0 radical (unpaired) electrons. The summed E-state index contributed by atoms with van der Waals surface area (Å²) in [6, 6.07) is 17.8. The number of hydrogen-bond donors (Lipinski definition) is 1. The highest BCUT2D eigenvalue weighted by Crippen LogP contribution is 2.31. The maximum Gasteiger partial charge on any atom is 0.266 e. The largest absolute Gasteiger partial charge is 0.495 e. The molecule has 3 aromatic carbocycles. The Hall–Kier alpha value is -4.02.